The molecule has 0 radical (unpaired) electrons. The second kappa shape index (κ2) is 10.5. The number of non-ortho nitro benzene ring substituents is 1. The summed E-state index contributed by atoms with van der Waals surface area (Å²) in [7, 11) is 0. The van der Waals surface area contributed by atoms with Gasteiger partial charge in [-0.2, -0.15) is 0 Å². The molecule has 2 amide bonds. The third-order valence-electron chi connectivity index (χ3n) is 4.92. The maximum absolute atomic E-state index is 12.8. The first-order valence-electron chi connectivity index (χ1n) is 9.95. The van der Waals surface area contributed by atoms with Crippen molar-refractivity contribution in [2.75, 3.05) is 0 Å². The second-order valence-electron chi connectivity index (χ2n) is 7.30. The van der Waals surface area contributed by atoms with Crippen LogP contribution in [0.1, 0.15) is 16.7 Å². The Morgan fingerprint density at radius 1 is 0.971 bits per heavy atom. The number of hydrogen-bond donors (Lipinski definition) is 0. The molecule has 4 rings (SSSR count). The van der Waals surface area contributed by atoms with Crippen molar-refractivity contribution in [3.8, 4) is 5.75 Å². The number of nitrogens with zero attached hydrogens (tertiary/aromatic N) is 2. The summed E-state index contributed by atoms with van der Waals surface area (Å²) in [5.74, 6) is 0.256. The van der Waals surface area contributed by atoms with Gasteiger partial charge >= 0.3 is 0 Å². The fourth-order valence-electron chi connectivity index (χ4n) is 3.16. The molecule has 3 aromatic carbocycles. The molecule has 34 heavy (non-hydrogen) atoms. The molecule has 0 aromatic heterocycles. The zero-order valence-electron chi connectivity index (χ0n) is 17.4. The number of benzene rings is 3. The molecular weight excluding hydrogens is 588 g/mol. The maximum atomic E-state index is 12.8. The first kappa shape index (κ1) is 24.2. The van der Waals surface area contributed by atoms with Crippen LogP contribution in [0.4, 0.5) is 10.5 Å². The van der Waals surface area contributed by atoms with E-state index in [0.717, 1.165) is 32.9 Å². The first-order chi connectivity index (χ1) is 16.3. The highest BCUT2D eigenvalue weighted by molar-refractivity contribution is 9.10. The third-order valence-corrected chi connectivity index (χ3v) is 6.98. The van der Waals surface area contributed by atoms with Crippen molar-refractivity contribution in [3.05, 3.63) is 107 Å². The maximum Gasteiger partial charge on any atom is 0.293 e. The molecule has 0 unspecified atom stereocenters. The van der Waals surface area contributed by atoms with Crippen LogP contribution in [-0.4, -0.2) is 21.0 Å². The van der Waals surface area contributed by atoms with Gasteiger partial charge in [-0.05, 0) is 86.9 Å². The molecule has 172 valence electrons. The summed E-state index contributed by atoms with van der Waals surface area (Å²) in [6, 6.07) is 19.0. The van der Waals surface area contributed by atoms with E-state index < -0.39 is 4.92 Å². The Kier molecular flexibility index (Phi) is 7.50. The number of rotatable bonds is 7. The fourth-order valence-corrected chi connectivity index (χ4v) is 4.77. The van der Waals surface area contributed by atoms with E-state index in [0.29, 0.717) is 15.1 Å². The minimum Gasteiger partial charge on any atom is -0.488 e. The number of nitro benzene ring substituents is 1. The van der Waals surface area contributed by atoms with Crippen molar-refractivity contribution in [1.82, 2.24) is 4.90 Å². The van der Waals surface area contributed by atoms with Gasteiger partial charge in [-0.25, -0.2) is 0 Å². The average Bonchev–Trinajstić information content (AvgIpc) is 3.07. The van der Waals surface area contributed by atoms with Gasteiger partial charge in [0, 0.05) is 16.6 Å². The summed E-state index contributed by atoms with van der Waals surface area (Å²) in [4.78, 5) is 37.1. The second-order valence-corrected chi connectivity index (χ2v) is 10.1. The Hall–Kier alpha value is -2.95. The molecule has 7 nitrogen and oxygen atoms in total. The Morgan fingerprint density at radius 3 is 2.29 bits per heavy atom. The molecule has 0 N–H and O–H groups in total. The van der Waals surface area contributed by atoms with Crippen LogP contribution in [0.3, 0.4) is 0 Å². The zero-order valence-corrected chi connectivity index (χ0v) is 21.4. The van der Waals surface area contributed by atoms with Gasteiger partial charge < -0.3 is 4.74 Å². The number of hydrogen-bond acceptors (Lipinski definition) is 6. The Bertz CT molecular complexity index is 1290. The lowest BCUT2D eigenvalue weighted by molar-refractivity contribution is -0.384. The van der Waals surface area contributed by atoms with Crippen LogP contribution in [0.5, 0.6) is 5.75 Å². The molecule has 1 aliphatic rings. The Morgan fingerprint density at radius 2 is 1.65 bits per heavy atom. The SMILES string of the molecule is O=C1S/C(=C\c2ccc(OCc3ccc([N+](=O)[O-])cc3)c(Br)c2)C(=O)N1Cc1ccc(Br)cc1. The first-order valence-corrected chi connectivity index (χ1v) is 12.4. The number of halogens is 2. The Labute approximate surface area is 216 Å². The van der Waals surface area contributed by atoms with Crippen molar-refractivity contribution in [1.29, 1.82) is 0 Å². The Balaban J connectivity index is 1.42. The van der Waals surface area contributed by atoms with Crippen LogP contribution in [0, 0.1) is 10.1 Å². The van der Waals surface area contributed by atoms with Crippen molar-refractivity contribution >= 4 is 66.5 Å². The molecule has 0 spiro atoms. The van der Waals surface area contributed by atoms with Crippen LogP contribution in [0.25, 0.3) is 6.08 Å². The number of amides is 2. The van der Waals surface area contributed by atoms with Gasteiger partial charge in [0.2, 0.25) is 0 Å². The van der Waals surface area contributed by atoms with E-state index in [2.05, 4.69) is 31.9 Å². The van der Waals surface area contributed by atoms with Crippen molar-refractivity contribution in [3.63, 3.8) is 0 Å². The number of carbonyl (C=O) groups is 2. The monoisotopic (exact) mass is 602 g/mol. The molecule has 0 saturated carbocycles. The topological polar surface area (TPSA) is 89.7 Å². The predicted octanol–water partition coefficient (Wildman–Crippen LogP) is 6.94. The lowest BCUT2D eigenvalue weighted by Crippen LogP contribution is -2.27. The van der Waals surface area contributed by atoms with Crippen LogP contribution in [0.2, 0.25) is 0 Å². The van der Waals surface area contributed by atoms with Crippen LogP contribution in [-0.2, 0) is 17.9 Å². The van der Waals surface area contributed by atoms with Gasteiger partial charge in [0.05, 0.1) is 20.8 Å². The van der Waals surface area contributed by atoms with Crippen molar-refractivity contribution in [2.24, 2.45) is 0 Å². The van der Waals surface area contributed by atoms with Crippen LogP contribution in [0.15, 0.2) is 80.6 Å². The third kappa shape index (κ3) is 5.75. The highest BCUT2D eigenvalue weighted by atomic mass is 79.9. The lowest BCUT2D eigenvalue weighted by atomic mass is 10.2. The largest absolute Gasteiger partial charge is 0.488 e. The molecule has 3 aromatic rings. The molecule has 1 fully saturated rings. The molecule has 0 atom stereocenters. The zero-order chi connectivity index (χ0) is 24.2. The summed E-state index contributed by atoms with van der Waals surface area (Å²) in [6.45, 7) is 0.458. The minimum atomic E-state index is -0.449. The highest BCUT2D eigenvalue weighted by Crippen LogP contribution is 2.35. The molecule has 0 bridgehead atoms. The smallest absolute Gasteiger partial charge is 0.293 e. The van der Waals surface area contributed by atoms with Gasteiger partial charge in [-0.1, -0.05) is 34.1 Å². The van der Waals surface area contributed by atoms with Crippen LogP contribution < -0.4 is 4.74 Å². The molecule has 0 aliphatic carbocycles. The fraction of sp³-hybridized carbons (Fsp3) is 0.0833. The summed E-state index contributed by atoms with van der Waals surface area (Å²) in [5.41, 5.74) is 2.42. The average molecular weight is 604 g/mol. The van der Waals surface area contributed by atoms with Gasteiger partial charge in [0.1, 0.15) is 12.4 Å². The van der Waals surface area contributed by atoms with E-state index in [4.69, 9.17) is 4.74 Å². The molecule has 1 saturated heterocycles. The molecule has 1 aliphatic heterocycles. The normalized spacial score (nSPS) is 14.6. The summed E-state index contributed by atoms with van der Waals surface area (Å²) < 4.78 is 7.41. The van der Waals surface area contributed by atoms with Gasteiger partial charge in [-0.15, -0.1) is 0 Å². The summed E-state index contributed by atoms with van der Waals surface area (Å²) in [6.07, 6.45) is 1.68. The number of nitro groups is 1. The highest BCUT2D eigenvalue weighted by Gasteiger charge is 2.35. The quantitative estimate of drug-likeness (QED) is 0.165. The van der Waals surface area contributed by atoms with E-state index in [9.17, 15) is 19.7 Å². The summed E-state index contributed by atoms with van der Waals surface area (Å²) in [5, 5.41) is 10.5. The molecule has 1 heterocycles. The number of imide groups is 1. The van der Waals surface area contributed by atoms with Gasteiger partial charge in [0.25, 0.3) is 16.8 Å². The van der Waals surface area contributed by atoms with E-state index in [1.54, 1.807) is 36.4 Å². The van der Waals surface area contributed by atoms with Crippen molar-refractivity contribution in [2.45, 2.75) is 13.2 Å². The minimum absolute atomic E-state index is 0.0236. The van der Waals surface area contributed by atoms with E-state index in [1.807, 2.05) is 24.3 Å². The van der Waals surface area contributed by atoms with Crippen LogP contribution >= 0.6 is 43.6 Å². The number of carbonyl (C=O) groups excluding carboxylic acids is 2. The lowest BCUT2D eigenvalue weighted by Gasteiger charge is -2.12. The van der Waals surface area contributed by atoms with E-state index in [1.165, 1.54) is 17.0 Å². The standard InChI is InChI=1S/C24H16Br2N2O5S/c25-18-6-1-15(2-7-18)13-27-23(29)22(34-24(27)30)12-17-5-10-21(20(26)11-17)33-14-16-3-8-19(9-4-16)28(31)32/h1-12H,13-14H2/b22-12-. The van der Waals surface area contributed by atoms with Gasteiger partial charge in [0.15, 0.2) is 0 Å². The predicted molar refractivity (Wildman–Crippen MR) is 137 cm³/mol. The number of thioether (sulfide) groups is 1. The molecule has 10 heteroatoms. The van der Waals surface area contributed by atoms with E-state index >= 15 is 0 Å². The summed E-state index contributed by atoms with van der Waals surface area (Å²) >= 11 is 7.76. The van der Waals surface area contributed by atoms with Gasteiger partial charge in [-0.3, -0.25) is 24.6 Å². The number of ether oxygens (including phenoxy) is 1. The van der Waals surface area contributed by atoms with E-state index in [-0.39, 0.29) is 30.0 Å². The molecular formula is C24H16Br2N2O5S. The van der Waals surface area contributed by atoms with Crippen molar-refractivity contribution < 1.29 is 19.2 Å².